The molecule has 1 aliphatic heterocycles. The Bertz CT molecular complexity index is 783. The van der Waals surface area contributed by atoms with Gasteiger partial charge in [-0.2, -0.15) is 0 Å². The summed E-state index contributed by atoms with van der Waals surface area (Å²) in [6.07, 6.45) is 0. The van der Waals surface area contributed by atoms with Crippen LogP contribution in [-0.2, 0) is 0 Å². The summed E-state index contributed by atoms with van der Waals surface area (Å²) < 4.78 is 10.8. The molecule has 2 N–H and O–H groups in total. The van der Waals surface area contributed by atoms with Gasteiger partial charge < -0.3 is 14.8 Å². The molecule has 0 aromatic heterocycles. The van der Waals surface area contributed by atoms with Gasteiger partial charge in [0.2, 0.25) is 0 Å². The number of fused-ring (bicyclic) bond motifs is 3. The average molecular weight is 286 g/mol. The summed E-state index contributed by atoms with van der Waals surface area (Å²) in [5.41, 5.74) is 1.13. The first-order valence-electron chi connectivity index (χ1n) is 6.38. The average Bonchev–Trinajstić information content (AvgIpc) is 2.80. The van der Waals surface area contributed by atoms with Crippen LogP contribution in [0.1, 0.15) is 20.7 Å². The second kappa shape index (κ2) is 4.66. The molecule has 0 bridgehead atoms. The number of ether oxygens (including phenoxy) is 2. The van der Waals surface area contributed by atoms with Gasteiger partial charge in [-0.15, -0.1) is 0 Å². The van der Waals surface area contributed by atoms with Crippen LogP contribution in [0.15, 0.2) is 18.2 Å². The molecule has 108 valence electrons. The maximum atomic E-state index is 12.1. The number of nitrogens with one attached hydrogen (secondary N) is 2. The van der Waals surface area contributed by atoms with Crippen LogP contribution >= 0.6 is 0 Å². The van der Waals surface area contributed by atoms with Gasteiger partial charge in [0.05, 0.1) is 36.4 Å². The Balaban J connectivity index is 2.58. The van der Waals surface area contributed by atoms with Gasteiger partial charge in [-0.1, -0.05) is 12.1 Å². The van der Waals surface area contributed by atoms with Gasteiger partial charge in [0.25, 0.3) is 11.8 Å². The minimum atomic E-state index is -0.428. The highest BCUT2D eigenvalue weighted by atomic mass is 16.5. The predicted molar refractivity (Wildman–Crippen MR) is 78.4 cm³/mol. The van der Waals surface area contributed by atoms with Crippen LogP contribution < -0.4 is 20.1 Å². The van der Waals surface area contributed by atoms with E-state index in [-0.39, 0.29) is 0 Å². The fourth-order valence-corrected chi connectivity index (χ4v) is 2.78. The number of anilines is 1. The van der Waals surface area contributed by atoms with Gasteiger partial charge in [-0.05, 0) is 6.07 Å². The topological polar surface area (TPSA) is 76.7 Å². The first kappa shape index (κ1) is 13.2. The standard InChI is InChI=1S/C15H14N2O4/c1-16-12-11-10(14(18)17-15(11)19)7-5-4-6-8(20-2)9(7)13(12)21-3/h4-6,16H,1-3H3,(H,17,18,19). The normalized spacial score (nSPS) is 13.1. The molecule has 0 fully saturated rings. The largest absolute Gasteiger partial charge is 0.496 e. The number of hydrogen-bond donors (Lipinski definition) is 2. The van der Waals surface area contributed by atoms with Gasteiger partial charge in [0, 0.05) is 12.4 Å². The Morgan fingerprint density at radius 1 is 1.05 bits per heavy atom. The fourth-order valence-electron chi connectivity index (χ4n) is 2.78. The minimum absolute atomic E-state index is 0.306. The van der Waals surface area contributed by atoms with Gasteiger partial charge >= 0.3 is 0 Å². The molecule has 21 heavy (non-hydrogen) atoms. The third-order valence-electron chi connectivity index (χ3n) is 3.60. The van der Waals surface area contributed by atoms with E-state index in [0.29, 0.717) is 39.1 Å². The van der Waals surface area contributed by atoms with E-state index < -0.39 is 11.8 Å². The lowest BCUT2D eigenvalue weighted by atomic mass is 9.96. The number of amides is 2. The molecule has 0 atom stereocenters. The molecule has 1 aliphatic rings. The maximum Gasteiger partial charge on any atom is 0.261 e. The highest BCUT2D eigenvalue weighted by molar-refractivity contribution is 6.30. The first-order chi connectivity index (χ1) is 10.1. The molecule has 2 amide bonds. The number of carbonyl (C=O) groups excluding carboxylic acids is 2. The Labute approximate surface area is 121 Å². The van der Waals surface area contributed by atoms with Crippen molar-refractivity contribution in [1.29, 1.82) is 0 Å². The van der Waals surface area contributed by atoms with Crippen molar-refractivity contribution in [3.8, 4) is 11.5 Å². The monoisotopic (exact) mass is 286 g/mol. The van der Waals surface area contributed by atoms with Gasteiger partial charge in [-0.3, -0.25) is 14.9 Å². The van der Waals surface area contributed by atoms with Crippen molar-refractivity contribution < 1.29 is 19.1 Å². The highest BCUT2D eigenvalue weighted by Gasteiger charge is 2.35. The lowest BCUT2D eigenvalue weighted by Gasteiger charge is -2.17. The lowest BCUT2D eigenvalue weighted by Crippen LogP contribution is -2.20. The van der Waals surface area contributed by atoms with E-state index in [1.54, 1.807) is 32.4 Å². The molecule has 2 aromatic rings. The van der Waals surface area contributed by atoms with Gasteiger partial charge in [-0.25, -0.2) is 0 Å². The summed E-state index contributed by atoms with van der Waals surface area (Å²) in [7, 11) is 4.74. The molecule has 6 heteroatoms. The zero-order valence-electron chi connectivity index (χ0n) is 11.9. The number of hydrogen-bond acceptors (Lipinski definition) is 5. The van der Waals surface area contributed by atoms with Crippen LogP contribution in [-0.4, -0.2) is 33.1 Å². The Morgan fingerprint density at radius 2 is 1.76 bits per heavy atom. The van der Waals surface area contributed by atoms with Crippen molar-refractivity contribution in [2.45, 2.75) is 0 Å². The van der Waals surface area contributed by atoms with E-state index in [2.05, 4.69) is 10.6 Å². The molecule has 1 heterocycles. The molecule has 0 saturated heterocycles. The second-order valence-electron chi connectivity index (χ2n) is 4.57. The van der Waals surface area contributed by atoms with Gasteiger partial charge in [0.1, 0.15) is 5.75 Å². The molecule has 0 radical (unpaired) electrons. The summed E-state index contributed by atoms with van der Waals surface area (Å²) in [4.78, 5) is 24.2. The van der Waals surface area contributed by atoms with Crippen molar-refractivity contribution in [1.82, 2.24) is 5.32 Å². The predicted octanol–water partition coefficient (Wildman–Crippen LogP) is 1.78. The number of methoxy groups -OCH3 is 2. The van der Waals surface area contributed by atoms with Crippen molar-refractivity contribution in [3.05, 3.63) is 29.3 Å². The number of carbonyl (C=O) groups is 2. The summed E-state index contributed by atoms with van der Waals surface area (Å²) in [6.45, 7) is 0. The summed E-state index contributed by atoms with van der Waals surface area (Å²) in [5, 5.41) is 6.56. The van der Waals surface area contributed by atoms with Crippen LogP contribution in [0.4, 0.5) is 5.69 Å². The lowest BCUT2D eigenvalue weighted by molar-refractivity contribution is 0.0880. The molecule has 0 spiro atoms. The van der Waals surface area contributed by atoms with Crippen molar-refractivity contribution >= 4 is 28.3 Å². The zero-order valence-corrected chi connectivity index (χ0v) is 11.9. The molecule has 0 saturated carbocycles. The molecular weight excluding hydrogens is 272 g/mol. The minimum Gasteiger partial charge on any atom is -0.496 e. The van der Waals surface area contributed by atoms with Crippen LogP contribution in [0.2, 0.25) is 0 Å². The van der Waals surface area contributed by atoms with Crippen LogP contribution in [0, 0.1) is 0 Å². The van der Waals surface area contributed by atoms with Crippen molar-refractivity contribution in [2.24, 2.45) is 0 Å². The Morgan fingerprint density at radius 3 is 2.38 bits per heavy atom. The third-order valence-corrected chi connectivity index (χ3v) is 3.60. The number of rotatable bonds is 3. The molecule has 3 rings (SSSR count). The fraction of sp³-hybridized carbons (Fsp3) is 0.200. The highest BCUT2D eigenvalue weighted by Crippen LogP contribution is 2.45. The number of imide groups is 1. The van der Waals surface area contributed by atoms with Gasteiger partial charge in [0.15, 0.2) is 5.75 Å². The van der Waals surface area contributed by atoms with Crippen LogP contribution in [0.25, 0.3) is 10.8 Å². The van der Waals surface area contributed by atoms with Crippen LogP contribution in [0.3, 0.4) is 0 Å². The van der Waals surface area contributed by atoms with E-state index >= 15 is 0 Å². The molecule has 0 unspecified atom stereocenters. The van der Waals surface area contributed by atoms with E-state index in [4.69, 9.17) is 9.47 Å². The Hall–Kier alpha value is -2.76. The Kier molecular flexibility index (Phi) is 2.94. The van der Waals surface area contributed by atoms with Crippen molar-refractivity contribution in [3.63, 3.8) is 0 Å². The summed E-state index contributed by atoms with van der Waals surface area (Å²) in [5.74, 6) is 0.221. The second-order valence-corrected chi connectivity index (χ2v) is 4.57. The van der Waals surface area contributed by atoms with Crippen LogP contribution in [0.5, 0.6) is 11.5 Å². The van der Waals surface area contributed by atoms with E-state index in [0.717, 1.165) is 0 Å². The van der Waals surface area contributed by atoms with E-state index in [1.165, 1.54) is 7.11 Å². The zero-order chi connectivity index (χ0) is 15.1. The molecule has 0 aliphatic carbocycles. The smallest absolute Gasteiger partial charge is 0.261 e. The quantitative estimate of drug-likeness (QED) is 0.841. The van der Waals surface area contributed by atoms with E-state index in [1.807, 2.05) is 0 Å². The maximum absolute atomic E-state index is 12.1. The molecule has 6 nitrogen and oxygen atoms in total. The first-order valence-corrected chi connectivity index (χ1v) is 6.38. The molecule has 2 aromatic carbocycles. The SMILES string of the molecule is CNc1c2c(c3cccc(OC)c3c1OC)C(=O)NC2=O. The summed E-state index contributed by atoms with van der Waals surface area (Å²) in [6, 6.07) is 5.33. The third kappa shape index (κ3) is 1.65. The van der Waals surface area contributed by atoms with E-state index in [9.17, 15) is 9.59 Å². The van der Waals surface area contributed by atoms with Crippen molar-refractivity contribution in [2.75, 3.05) is 26.6 Å². The molecular formula is C15H14N2O4. The summed E-state index contributed by atoms with van der Waals surface area (Å²) >= 11 is 0. The number of benzene rings is 2.